The van der Waals surface area contributed by atoms with Crippen LogP contribution in [0.3, 0.4) is 0 Å². The van der Waals surface area contributed by atoms with E-state index in [1.807, 2.05) is 0 Å². The summed E-state index contributed by atoms with van der Waals surface area (Å²) in [6.45, 7) is 0.437. The molecule has 0 aliphatic carbocycles. The second-order valence-corrected chi connectivity index (χ2v) is 11.1. The molecule has 12 heteroatoms. The fraction of sp³-hybridized carbons (Fsp3) is 0.308. The van der Waals surface area contributed by atoms with E-state index in [1.165, 1.54) is 57.9 Å². The van der Waals surface area contributed by atoms with Crippen molar-refractivity contribution in [2.24, 2.45) is 0 Å². The number of hydrogen-bond donors (Lipinski definition) is 1. The first kappa shape index (κ1) is 26.2. The Balaban J connectivity index is 1.82. The number of aromatic nitrogens is 1. The van der Waals surface area contributed by atoms with Crippen molar-refractivity contribution in [3.05, 3.63) is 70.9 Å². The SMILES string of the molecule is COc1ccc(S(=O)(=O)N2C(=O)C(c3cccnc3OC)(N3CC[C@@H](O)C3)c3cc(Cl)ccc32)c(OC)c1. The third-order valence-electron chi connectivity index (χ3n) is 6.94. The number of aliphatic hydroxyl groups excluding tert-OH is 1. The number of pyridine rings is 1. The van der Waals surface area contributed by atoms with Gasteiger partial charge in [-0.3, -0.25) is 9.69 Å². The van der Waals surface area contributed by atoms with Gasteiger partial charge in [0.2, 0.25) is 5.88 Å². The van der Waals surface area contributed by atoms with Gasteiger partial charge in [0.15, 0.2) is 5.54 Å². The fourth-order valence-electron chi connectivity index (χ4n) is 5.28. The lowest BCUT2D eigenvalue weighted by atomic mass is 9.82. The van der Waals surface area contributed by atoms with Crippen molar-refractivity contribution in [3.8, 4) is 17.4 Å². The third-order valence-corrected chi connectivity index (χ3v) is 8.91. The summed E-state index contributed by atoms with van der Waals surface area (Å²) in [6.07, 6.45) is 1.20. The van der Waals surface area contributed by atoms with Crippen LogP contribution in [0.25, 0.3) is 0 Å². The zero-order valence-electron chi connectivity index (χ0n) is 20.9. The second kappa shape index (κ2) is 9.73. The molecule has 1 amide bonds. The van der Waals surface area contributed by atoms with Gasteiger partial charge in [-0.25, -0.2) is 17.7 Å². The number of β-amino-alcohol motifs (C(OH)–C–C–N with tert-alkyl or cyclic N) is 1. The zero-order valence-corrected chi connectivity index (χ0v) is 22.5. The van der Waals surface area contributed by atoms with E-state index in [9.17, 15) is 18.3 Å². The first-order chi connectivity index (χ1) is 18.2. The summed E-state index contributed by atoms with van der Waals surface area (Å²) in [5.74, 6) is -0.218. The summed E-state index contributed by atoms with van der Waals surface area (Å²) in [5.41, 5.74) is -0.884. The molecular weight excluding hydrogens is 534 g/mol. The molecule has 2 aromatic carbocycles. The largest absolute Gasteiger partial charge is 0.497 e. The van der Waals surface area contributed by atoms with E-state index in [1.54, 1.807) is 23.1 Å². The summed E-state index contributed by atoms with van der Waals surface area (Å²) in [6, 6.07) is 12.2. The van der Waals surface area contributed by atoms with Crippen molar-refractivity contribution < 1.29 is 32.5 Å². The molecule has 38 heavy (non-hydrogen) atoms. The van der Waals surface area contributed by atoms with Crippen molar-refractivity contribution >= 4 is 33.2 Å². The van der Waals surface area contributed by atoms with Crippen LogP contribution in [0.5, 0.6) is 17.4 Å². The Morgan fingerprint density at radius 2 is 1.84 bits per heavy atom. The van der Waals surface area contributed by atoms with E-state index >= 15 is 0 Å². The zero-order chi connectivity index (χ0) is 27.2. The van der Waals surface area contributed by atoms with E-state index in [4.69, 9.17) is 25.8 Å². The molecule has 2 aliphatic heterocycles. The third kappa shape index (κ3) is 3.80. The first-order valence-corrected chi connectivity index (χ1v) is 13.6. The Bertz CT molecular complexity index is 1520. The Labute approximate surface area is 225 Å². The van der Waals surface area contributed by atoms with E-state index in [-0.39, 0.29) is 28.8 Å². The number of fused-ring (bicyclic) bond motifs is 1. The number of carbonyl (C=O) groups is 1. The van der Waals surface area contributed by atoms with E-state index in [2.05, 4.69) is 4.98 Å². The molecule has 0 spiro atoms. The van der Waals surface area contributed by atoms with Gasteiger partial charge in [-0.1, -0.05) is 11.6 Å². The monoisotopic (exact) mass is 559 g/mol. The van der Waals surface area contributed by atoms with Crippen molar-refractivity contribution in [1.29, 1.82) is 0 Å². The average Bonchev–Trinajstić information content (AvgIpc) is 3.46. The van der Waals surface area contributed by atoms with Gasteiger partial charge in [-0.2, -0.15) is 0 Å². The van der Waals surface area contributed by atoms with Crippen LogP contribution in [0, 0.1) is 0 Å². The number of aliphatic hydroxyl groups is 1. The molecule has 3 aromatic rings. The van der Waals surface area contributed by atoms with E-state index in [0.717, 1.165) is 4.31 Å². The quantitative estimate of drug-likeness (QED) is 0.466. The molecule has 1 N–H and O–H groups in total. The van der Waals surface area contributed by atoms with Gasteiger partial charge in [0, 0.05) is 41.5 Å². The number of anilines is 1. The standard InChI is InChI=1S/C26H26ClN3O7S/c1-35-18-7-9-23(22(14-18)36-2)38(33,34)30-21-8-6-16(27)13-20(21)26(25(30)32,29-12-10-17(31)15-29)19-5-4-11-28-24(19)37-3/h4-9,11,13-14,17,31H,10,12,15H2,1-3H3/t17-,26?/m1/s1. The summed E-state index contributed by atoms with van der Waals surface area (Å²) in [5, 5.41) is 10.8. The molecule has 1 unspecified atom stereocenters. The van der Waals surface area contributed by atoms with Crippen LogP contribution < -0.4 is 18.5 Å². The molecular formula is C26H26ClN3O7S. The first-order valence-electron chi connectivity index (χ1n) is 11.7. The number of benzene rings is 2. The summed E-state index contributed by atoms with van der Waals surface area (Å²) >= 11 is 6.43. The van der Waals surface area contributed by atoms with Gasteiger partial charge in [-0.15, -0.1) is 0 Å². The van der Waals surface area contributed by atoms with Gasteiger partial charge in [-0.05, 0) is 48.9 Å². The number of halogens is 1. The van der Waals surface area contributed by atoms with Gasteiger partial charge in [0.05, 0.1) is 33.1 Å². The fourth-order valence-corrected chi connectivity index (χ4v) is 7.06. The summed E-state index contributed by atoms with van der Waals surface area (Å²) in [4.78, 5) is 20.6. The molecule has 10 nitrogen and oxygen atoms in total. The van der Waals surface area contributed by atoms with Crippen molar-refractivity contribution in [2.45, 2.75) is 23.0 Å². The van der Waals surface area contributed by atoms with Crippen LogP contribution in [0.15, 0.2) is 59.6 Å². The van der Waals surface area contributed by atoms with Crippen LogP contribution in [0.2, 0.25) is 5.02 Å². The maximum absolute atomic E-state index is 14.7. The Kier molecular flexibility index (Phi) is 6.72. The molecule has 0 bridgehead atoms. The predicted octanol–water partition coefficient (Wildman–Crippen LogP) is 2.81. The molecule has 1 fully saturated rings. The number of hydrogen-bond acceptors (Lipinski definition) is 9. The topological polar surface area (TPSA) is 119 Å². The number of carbonyl (C=O) groups excluding carboxylic acids is 1. The van der Waals surface area contributed by atoms with Gasteiger partial charge >= 0.3 is 0 Å². The molecule has 1 saturated heterocycles. The van der Waals surface area contributed by atoms with E-state index < -0.39 is 27.6 Å². The summed E-state index contributed by atoms with van der Waals surface area (Å²) in [7, 11) is -0.301. The minimum atomic E-state index is -4.51. The van der Waals surface area contributed by atoms with Crippen LogP contribution >= 0.6 is 11.6 Å². The maximum Gasteiger partial charge on any atom is 0.274 e. The molecule has 0 saturated carbocycles. The Hall–Kier alpha value is -3.38. The number of rotatable bonds is 7. The van der Waals surface area contributed by atoms with E-state index in [0.29, 0.717) is 34.9 Å². The maximum atomic E-state index is 14.7. The predicted molar refractivity (Wildman–Crippen MR) is 139 cm³/mol. The number of likely N-dealkylation sites (tertiary alicyclic amines) is 1. The van der Waals surface area contributed by atoms with Crippen molar-refractivity contribution in [3.63, 3.8) is 0 Å². The lowest BCUT2D eigenvalue weighted by molar-refractivity contribution is -0.126. The second-order valence-electron chi connectivity index (χ2n) is 8.91. The normalized spacial score (nSPS) is 21.4. The molecule has 5 rings (SSSR count). The molecule has 2 aliphatic rings. The highest BCUT2D eigenvalue weighted by Crippen LogP contribution is 2.53. The Morgan fingerprint density at radius 3 is 2.50 bits per heavy atom. The number of ether oxygens (including phenoxy) is 3. The number of sulfonamides is 1. The number of amides is 1. The Morgan fingerprint density at radius 1 is 1.05 bits per heavy atom. The molecule has 0 radical (unpaired) electrons. The van der Waals surface area contributed by atoms with Crippen LogP contribution in [-0.2, 0) is 20.4 Å². The minimum absolute atomic E-state index is 0.0146. The highest BCUT2D eigenvalue weighted by Gasteiger charge is 2.61. The highest BCUT2D eigenvalue weighted by molar-refractivity contribution is 7.93. The smallest absolute Gasteiger partial charge is 0.274 e. The van der Waals surface area contributed by atoms with Crippen LogP contribution in [-0.4, -0.2) is 69.8 Å². The summed E-state index contributed by atoms with van der Waals surface area (Å²) < 4.78 is 45.4. The molecule has 1 aromatic heterocycles. The van der Waals surface area contributed by atoms with Crippen molar-refractivity contribution in [2.75, 3.05) is 38.7 Å². The molecule has 3 heterocycles. The highest BCUT2D eigenvalue weighted by atomic mass is 35.5. The van der Waals surface area contributed by atoms with Crippen LogP contribution in [0.1, 0.15) is 17.5 Å². The van der Waals surface area contributed by atoms with Gasteiger partial charge in [0.1, 0.15) is 16.4 Å². The molecule has 2 atom stereocenters. The van der Waals surface area contributed by atoms with Gasteiger partial charge in [0.25, 0.3) is 15.9 Å². The van der Waals surface area contributed by atoms with Crippen molar-refractivity contribution in [1.82, 2.24) is 9.88 Å². The molecule has 200 valence electrons. The van der Waals surface area contributed by atoms with Gasteiger partial charge < -0.3 is 19.3 Å². The van der Waals surface area contributed by atoms with Crippen LogP contribution in [0.4, 0.5) is 5.69 Å². The minimum Gasteiger partial charge on any atom is -0.497 e. The number of nitrogens with zero attached hydrogens (tertiary/aromatic N) is 3. The lowest BCUT2D eigenvalue weighted by Gasteiger charge is -2.38. The lowest BCUT2D eigenvalue weighted by Crippen LogP contribution is -2.54. The average molecular weight is 560 g/mol. The number of methoxy groups -OCH3 is 3.